The molecular weight excluding hydrogens is 278 g/mol. The molecule has 3 rings (SSSR count). The second-order valence-electron chi connectivity index (χ2n) is 8.53. The van der Waals surface area contributed by atoms with Crippen LogP contribution in [-0.4, -0.2) is 35.8 Å². The molecule has 3 unspecified atom stereocenters. The fourth-order valence-electron chi connectivity index (χ4n) is 4.43. The zero-order valence-corrected chi connectivity index (χ0v) is 14.9. The molecule has 2 heterocycles. The standard InChI is InChI=1S/C18H33NOS/c1-17(2,3)19-13-15-4-5-16(15)14-6-9-20-18(12-14)7-10-21-11-8-18/h14-16,19H,4-13H2,1-3H3. The predicted octanol–water partition coefficient (Wildman–Crippen LogP) is 4.09. The van der Waals surface area contributed by atoms with Crippen LogP contribution < -0.4 is 5.32 Å². The van der Waals surface area contributed by atoms with Gasteiger partial charge in [-0.3, -0.25) is 0 Å². The van der Waals surface area contributed by atoms with Gasteiger partial charge in [-0.2, -0.15) is 11.8 Å². The van der Waals surface area contributed by atoms with Crippen LogP contribution in [0.15, 0.2) is 0 Å². The lowest BCUT2D eigenvalue weighted by molar-refractivity contribution is -0.123. The van der Waals surface area contributed by atoms with Crippen LogP contribution in [-0.2, 0) is 4.74 Å². The van der Waals surface area contributed by atoms with E-state index >= 15 is 0 Å². The largest absolute Gasteiger partial charge is 0.375 e. The monoisotopic (exact) mass is 311 g/mol. The summed E-state index contributed by atoms with van der Waals surface area (Å²) in [5, 5.41) is 3.73. The molecule has 2 aliphatic heterocycles. The number of thioether (sulfide) groups is 1. The van der Waals surface area contributed by atoms with Gasteiger partial charge in [0, 0.05) is 12.1 Å². The molecule has 0 radical (unpaired) electrons. The first kappa shape index (κ1) is 16.1. The topological polar surface area (TPSA) is 21.3 Å². The van der Waals surface area contributed by atoms with Crippen LogP contribution in [0.2, 0.25) is 0 Å². The van der Waals surface area contributed by atoms with Crippen molar-refractivity contribution >= 4 is 11.8 Å². The van der Waals surface area contributed by atoms with Gasteiger partial charge in [0.1, 0.15) is 0 Å². The minimum absolute atomic E-state index is 0.262. The number of ether oxygens (including phenoxy) is 1. The first-order chi connectivity index (χ1) is 9.98. The maximum Gasteiger partial charge on any atom is 0.0701 e. The van der Waals surface area contributed by atoms with Gasteiger partial charge >= 0.3 is 0 Å². The molecule has 3 aliphatic rings. The third-order valence-corrected chi connectivity index (χ3v) is 6.90. The average molecular weight is 312 g/mol. The Morgan fingerprint density at radius 1 is 1.14 bits per heavy atom. The molecule has 1 spiro atoms. The van der Waals surface area contributed by atoms with Gasteiger partial charge in [0.05, 0.1) is 5.60 Å². The summed E-state index contributed by atoms with van der Waals surface area (Å²) in [5.74, 6) is 5.44. The fraction of sp³-hybridized carbons (Fsp3) is 1.00. The molecule has 0 aromatic heterocycles. The van der Waals surface area contributed by atoms with Crippen molar-refractivity contribution in [1.82, 2.24) is 5.32 Å². The van der Waals surface area contributed by atoms with Crippen LogP contribution in [0.1, 0.15) is 59.3 Å². The van der Waals surface area contributed by atoms with E-state index in [1.807, 2.05) is 0 Å². The lowest BCUT2D eigenvalue weighted by Gasteiger charge is -2.50. The second-order valence-corrected chi connectivity index (χ2v) is 9.75. The highest BCUT2D eigenvalue weighted by Crippen LogP contribution is 2.48. The molecule has 21 heavy (non-hydrogen) atoms. The lowest BCUT2D eigenvalue weighted by atomic mass is 9.62. The molecule has 3 heteroatoms. The summed E-state index contributed by atoms with van der Waals surface area (Å²) in [6.45, 7) is 9.08. The Labute approximate surface area is 135 Å². The van der Waals surface area contributed by atoms with Crippen molar-refractivity contribution in [1.29, 1.82) is 0 Å². The highest BCUT2D eigenvalue weighted by Gasteiger charge is 2.45. The van der Waals surface area contributed by atoms with E-state index in [1.54, 1.807) is 0 Å². The van der Waals surface area contributed by atoms with Crippen molar-refractivity contribution in [2.24, 2.45) is 17.8 Å². The Hall–Kier alpha value is 0.270. The van der Waals surface area contributed by atoms with Gasteiger partial charge in [0.15, 0.2) is 0 Å². The minimum Gasteiger partial charge on any atom is -0.375 e. The number of nitrogens with one attached hydrogen (secondary N) is 1. The van der Waals surface area contributed by atoms with E-state index in [4.69, 9.17) is 4.74 Å². The maximum atomic E-state index is 6.28. The summed E-state index contributed by atoms with van der Waals surface area (Å²) < 4.78 is 6.28. The fourth-order valence-corrected chi connectivity index (χ4v) is 5.67. The van der Waals surface area contributed by atoms with E-state index in [2.05, 4.69) is 37.8 Å². The minimum atomic E-state index is 0.262. The first-order valence-corrected chi connectivity index (χ1v) is 10.1. The van der Waals surface area contributed by atoms with E-state index in [0.29, 0.717) is 0 Å². The molecular formula is C18H33NOS. The zero-order valence-electron chi connectivity index (χ0n) is 14.1. The van der Waals surface area contributed by atoms with Crippen molar-refractivity contribution < 1.29 is 4.74 Å². The first-order valence-electron chi connectivity index (χ1n) is 8.94. The summed E-state index contributed by atoms with van der Waals surface area (Å²) in [7, 11) is 0. The van der Waals surface area contributed by atoms with E-state index in [-0.39, 0.29) is 11.1 Å². The Balaban J connectivity index is 1.54. The van der Waals surface area contributed by atoms with Crippen molar-refractivity contribution in [2.75, 3.05) is 24.7 Å². The van der Waals surface area contributed by atoms with Crippen molar-refractivity contribution in [3.63, 3.8) is 0 Å². The molecule has 0 amide bonds. The van der Waals surface area contributed by atoms with Crippen LogP contribution in [0, 0.1) is 17.8 Å². The van der Waals surface area contributed by atoms with E-state index < -0.39 is 0 Å². The Morgan fingerprint density at radius 2 is 1.90 bits per heavy atom. The second kappa shape index (κ2) is 6.41. The van der Waals surface area contributed by atoms with Gasteiger partial charge in [-0.05, 0) is 95.1 Å². The van der Waals surface area contributed by atoms with Crippen LogP contribution in [0.4, 0.5) is 0 Å². The van der Waals surface area contributed by atoms with Crippen molar-refractivity contribution in [3.05, 3.63) is 0 Å². The van der Waals surface area contributed by atoms with E-state index in [1.165, 1.54) is 56.6 Å². The normalized spacial score (nSPS) is 36.4. The van der Waals surface area contributed by atoms with E-state index in [0.717, 1.165) is 24.4 Å². The van der Waals surface area contributed by atoms with Gasteiger partial charge in [-0.1, -0.05) is 0 Å². The van der Waals surface area contributed by atoms with Crippen LogP contribution >= 0.6 is 11.8 Å². The molecule has 122 valence electrons. The van der Waals surface area contributed by atoms with Crippen LogP contribution in [0.3, 0.4) is 0 Å². The highest BCUT2D eigenvalue weighted by molar-refractivity contribution is 7.99. The number of rotatable bonds is 3. The quantitative estimate of drug-likeness (QED) is 0.848. The number of hydrogen-bond acceptors (Lipinski definition) is 3. The number of hydrogen-bond donors (Lipinski definition) is 1. The summed E-state index contributed by atoms with van der Waals surface area (Å²) in [6, 6.07) is 0. The van der Waals surface area contributed by atoms with Gasteiger partial charge < -0.3 is 10.1 Å². The highest BCUT2D eigenvalue weighted by atomic mass is 32.2. The predicted molar refractivity (Wildman–Crippen MR) is 91.9 cm³/mol. The van der Waals surface area contributed by atoms with Gasteiger partial charge in [-0.25, -0.2) is 0 Å². The summed E-state index contributed by atoms with van der Waals surface area (Å²) in [6.07, 6.45) is 8.16. The molecule has 2 nitrogen and oxygen atoms in total. The molecule has 0 aromatic rings. The molecule has 2 saturated heterocycles. The molecule has 1 aliphatic carbocycles. The maximum absolute atomic E-state index is 6.28. The molecule has 0 bridgehead atoms. The summed E-state index contributed by atoms with van der Waals surface area (Å²) >= 11 is 2.11. The van der Waals surface area contributed by atoms with Gasteiger partial charge in [0.25, 0.3) is 0 Å². The van der Waals surface area contributed by atoms with Crippen molar-refractivity contribution in [3.8, 4) is 0 Å². The average Bonchev–Trinajstić information content (AvgIpc) is 2.37. The molecule has 3 atom stereocenters. The van der Waals surface area contributed by atoms with Crippen LogP contribution in [0.25, 0.3) is 0 Å². The molecule has 1 saturated carbocycles. The van der Waals surface area contributed by atoms with Gasteiger partial charge in [0.2, 0.25) is 0 Å². The van der Waals surface area contributed by atoms with Gasteiger partial charge in [-0.15, -0.1) is 0 Å². The lowest BCUT2D eigenvalue weighted by Crippen LogP contribution is -2.49. The molecule has 0 aromatic carbocycles. The Morgan fingerprint density at radius 3 is 2.52 bits per heavy atom. The Bertz CT molecular complexity index is 340. The molecule has 3 fully saturated rings. The zero-order chi connectivity index (χ0) is 14.9. The summed E-state index contributed by atoms with van der Waals surface area (Å²) in [5.41, 5.74) is 0.531. The SMILES string of the molecule is CC(C)(C)NCC1CCC1C1CCOC2(CCSCC2)C1. The van der Waals surface area contributed by atoms with Crippen molar-refractivity contribution in [2.45, 2.75) is 70.4 Å². The smallest absolute Gasteiger partial charge is 0.0701 e. The molecule has 1 N–H and O–H groups in total. The Kier molecular flexibility index (Phi) is 4.93. The third kappa shape index (κ3) is 3.97. The third-order valence-electron chi connectivity index (χ3n) is 5.91. The summed E-state index contributed by atoms with van der Waals surface area (Å²) in [4.78, 5) is 0. The van der Waals surface area contributed by atoms with Crippen LogP contribution in [0.5, 0.6) is 0 Å². The van der Waals surface area contributed by atoms with E-state index in [9.17, 15) is 0 Å².